The number of aromatic nitrogens is 2. The lowest BCUT2D eigenvalue weighted by Crippen LogP contribution is -2.07. The molecular formula is C22H25N3O. The lowest BCUT2D eigenvalue weighted by molar-refractivity contribution is 0.414. The van der Waals surface area contributed by atoms with Crippen LogP contribution in [-0.4, -0.2) is 23.4 Å². The smallest absolute Gasteiger partial charge is 0.133 e. The first-order chi connectivity index (χ1) is 12.7. The average Bonchev–Trinajstić information content (AvgIpc) is 2.84. The van der Waals surface area contributed by atoms with Crippen molar-refractivity contribution >= 4 is 5.82 Å². The van der Waals surface area contributed by atoms with E-state index < -0.39 is 0 Å². The molecule has 2 aromatic carbocycles. The van der Waals surface area contributed by atoms with Gasteiger partial charge in [0.15, 0.2) is 0 Å². The molecule has 1 aliphatic heterocycles. The van der Waals surface area contributed by atoms with E-state index >= 15 is 0 Å². The van der Waals surface area contributed by atoms with Gasteiger partial charge in [0.2, 0.25) is 0 Å². The topological polar surface area (TPSA) is 39.1 Å². The van der Waals surface area contributed by atoms with Gasteiger partial charge >= 0.3 is 0 Å². The first-order valence-electron chi connectivity index (χ1n) is 9.29. The van der Waals surface area contributed by atoms with E-state index in [0.717, 1.165) is 36.6 Å². The fourth-order valence-corrected chi connectivity index (χ4v) is 3.52. The van der Waals surface area contributed by atoms with Gasteiger partial charge in [0.1, 0.15) is 11.6 Å². The molecular weight excluding hydrogens is 322 g/mol. The Bertz CT molecular complexity index is 879. The summed E-state index contributed by atoms with van der Waals surface area (Å²) in [4.78, 5) is 0. The van der Waals surface area contributed by atoms with E-state index in [2.05, 4.69) is 53.3 Å². The number of methoxy groups -OCH3 is 1. The largest absolute Gasteiger partial charge is 0.497 e. The molecule has 26 heavy (non-hydrogen) atoms. The number of benzene rings is 2. The van der Waals surface area contributed by atoms with Crippen molar-refractivity contribution in [3.63, 3.8) is 0 Å². The normalized spacial score (nSPS) is 13.6. The van der Waals surface area contributed by atoms with Crippen molar-refractivity contribution in [3.05, 3.63) is 70.9 Å². The van der Waals surface area contributed by atoms with E-state index in [4.69, 9.17) is 9.84 Å². The van der Waals surface area contributed by atoms with Gasteiger partial charge in [-0.3, -0.25) is 0 Å². The molecule has 0 fully saturated rings. The standard InChI is InChI=1S/C22H25N3O/c1-16-6-10-18(11-7-16)25-22-20(5-3-4-14-23-22)21(24-25)15-17-8-12-19(26-2)13-9-17/h6-13,23H,3-5,14-15H2,1-2H3. The van der Waals surface area contributed by atoms with Crippen molar-refractivity contribution in [1.29, 1.82) is 0 Å². The van der Waals surface area contributed by atoms with E-state index in [9.17, 15) is 0 Å². The Kier molecular flexibility index (Phi) is 4.65. The molecule has 4 rings (SSSR count). The van der Waals surface area contributed by atoms with Crippen LogP contribution < -0.4 is 10.1 Å². The summed E-state index contributed by atoms with van der Waals surface area (Å²) in [6, 6.07) is 16.9. The predicted octanol–water partition coefficient (Wildman–Crippen LogP) is 4.53. The maximum atomic E-state index is 5.27. The Balaban J connectivity index is 1.72. The second-order valence-corrected chi connectivity index (χ2v) is 6.93. The molecule has 4 nitrogen and oxygen atoms in total. The minimum atomic E-state index is 0.840. The molecule has 134 valence electrons. The van der Waals surface area contributed by atoms with Crippen LogP contribution in [0.3, 0.4) is 0 Å². The lowest BCUT2D eigenvalue weighted by Gasteiger charge is -2.09. The minimum Gasteiger partial charge on any atom is -0.497 e. The maximum Gasteiger partial charge on any atom is 0.133 e. The fraction of sp³-hybridized carbons (Fsp3) is 0.318. The maximum absolute atomic E-state index is 5.27. The van der Waals surface area contributed by atoms with Crippen molar-refractivity contribution in [2.24, 2.45) is 0 Å². The van der Waals surface area contributed by atoms with Gasteiger partial charge in [0.25, 0.3) is 0 Å². The highest BCUT2D eigenvalue weighted by molar-refractivity contribution is 5.55. The third kappa shape index (κ3) is 3.32. The first kappa shape index (κ1) is 16.7. The molecule has 0 atom stereocenters. The van der Waals surface area contributed by atoms with E-state index in [1.165, 1.54) is 35.2 Å². The van der Waals surface area contributed by atoms with Crippen LogP contribution in [0.4, 0.5) is 5.82 Å². The summed E-state index contributed by atoms with van der Waals surface area (Å²) in [5, 5.41) is 8.61. The first-order valence-corrected chi connectivity index (χ1v) is 9.29. The molecule has 1 N–H and O–H groups in total. The zero-order valence-corrected chi connectivity index (χ0v) is 15.5. The molecule has 0 saturated carbocycles. The summed E-state index contributed by atoms with van der Waals surface area (Å²) in [5.41, 5.74) is 6.16. The van der Waals surface area contributed by atoms with Gasteiger partial charge in [-0.15, -0.1) is 0 Å². The molecule has 0 aliphatic carbocycles. The number of hydrogen-bond acceptors (Lipinski definition) is 3. The van der Waals surface area contributed by atoms with E-state index in [0.29, 0.717) is 0 Å². The zero-order valence-electron chi connectivity index (χ0n) is 15.5. The molecule has 0 radical (unpaired) electrons. The number of fused-ring (bicyclic) bond motifs is 1. The summed E-state index contributed by atoms with van der Waals surface area (Å²) in [5.74, 6) is 2.05. The van der Waals surface area contributed by atoms with E-state index in [1.807, 2.05) is 12.1 Å². The summed E-state index contributed by atoms with van der Waals surface area (Å²) in [6.45, 7) is 3.12. The SMILES string of the molecule is COc1ccc(Cc2nn(-c3ccc(C)cc3)c3c2CCCCN3)cc1. The fourth-order valence-electron chi connectivity index (χ4n) is 3.52. The van der Waals surface area contributed by atoms with E-state index in [-0.39, 0.29) is 0 Å². The van der Waals surface area contributed by atoms with Crippen LogP contribution in [0.15, 0.2) is 48.5 Å². The second kappa shape index (κ2) is 7.24. The van der Waals surface area contributed by atoms with Crippen LogP contribution >= 0.6 is 0 Å². The van der Waals surface area contributed by atoms with Crippen LogP contribution in [0.25, 0.3) is 5.69 Å². The summed E-state index contributed by atoms with van der Waals surface area (Å²) >= 11 is 0. The Morgan fingerprint density at radius 3 is 2.54 bits per heavy atom. The number of rotatable bonds is 4. The van der Waals surface area contributed by atoms with Crippen LogP contribution in [0.5, 0.6) is 5.75 Å². The van der Waals surface area contributed by atoms with Gasteiger partial charge < -0.3 is 10.1 Å². The van der Waals surface area contributed by atoms with Crippen LogP contribution in [0.1, 0.15) is 35.2 Å². The average molecular weight is 347 g/mol. The predicted molar refractivity (Wildman–Crippen MR) is 106 cm³/mol. The number of hydrogen-bond donors (Lipinski definition) is 1. The van der Waals surface area contributed by atoms with Gasteiger partial charge in [-0.05, 0) is 56.0 Å². The third-order valence-corrected chi connectivity index (χ3v) is 5.02. The lowest BCUT2D eigenvalue weighted by atomic mass is 10.0. The zero-order chi connectivity index (χ0) is 17.9. The quantitative estimate of drug-likeness (QED) is 0.754. The van der Waals surface area contributed by atoms with Crippen molar-refractivity contribution in [2.75, 3.05) is 19.0 Å². The van der Waals surface area contributed by atoms with Crippen LogP contribution in [0.2, 0.25) is 0 Å². The highest BCUT2D eigenvalue weighted by atomic mass is 16.5. The van der Waals surface area contributed by atoms with E-state index in [1.54, 1.807) is 7.11 Å². The van der Waals surface area contributed by atoms with Gasteiger partial charge in [-0.2, -0.15) is 5.10 Å². The molecule has 0 bridgehead atoms. The Hall–Kier alpha value is -2.75. The highest BCUT2D eigenvalue weighted by Gasteiger charge is 2.20. The number of ether oxygens (including phenoxy) is 1. The molecule has 1 aromatic heterocycles. The monoisotopic (exact) mass is 347 g/mol. The number of aryl methyl sites for hydroxylation is 1. The van der Waals surface area contributed by atoms with Crippen molar-refractivity contribution in [2.45, 2.75) is 32.6 Å². The van der Waals surface area contributed by atoms with Gasteiger partial charge in [0, 0.05) is 18.5 Å². The molecule has 0 saturated heterocycles. The van der Waals surface area contributed by atoms with Gasteiger partial charge in [-0.1, -0.05) is 29.8 Å². The minimum absolute atomic E-state index is 0.840. The summed E-state index contributed by atoms with van der Waals surface area (Å²) in [6.07, 6.45) is 4.33. The molecule has 4 heteroatoms. The van der Waals surface area contributed by atoms with Crippen molar-refractivity contribution in [1.82, 2.24) is 9.78 Å². The summed E-state index contributed by atoms with van der Waals surface area (Å²) in [7, 11) is 1.70. The van der Waals surface area contributed by atoms with Crippen LogP contribution in [0, 0.1) is 6.92 Å². The Labute approximate surface area is 154 Å². The molecule has 0 spiro atoms. The number of nitrogens with zero attached hydrogens (tertiary/aromatic N) is 2. The molecule has 0 amide bonds. The molecule has 3 aromatic rings. The number of nitrogens with one attached hydrogen (secondary N) is 1. The Morgan fingerprint density at radius 2 is 1.81 bits per heavy atom. The van der Waals surface area contributed by atoms with Crippen molar-refractivity contribution in [3.8, 4) is 11.4 Å². The molecule has 0 unspecified atom stereocenters. The summed E-state index contributed by atoms with van der Waals surface area (Å²) < 4.78 is 7.35. The number of anilines is 1. The van der Waals surface area contributed by atoms with Gasteiger partial charge in [-0.25, -0.2) is 4.68 Å². The second-order valence-electron chi connectivity index (χ2n) is 6.93. The van der Waals surface area contributed by atoms with Crippen LogP contribution in [-0.2, 0) is 12.8 Å². The highest BCUT2D eigenvalue weighted by Crippen LogP contribution is 2.29. The Morgan fingerprint density at radius 1 is 1.04 bits per heavy atom. The molecule has 1 aliphatic rings. The third-order valence-electron chi connectivity index (χ3n) is 5.02. The molecule has 2 heterocycles. The van der Waals surface area contributed by atoms with Crippen molar-refractivity contribution < 1.29 is 4.74 Å². The van der Waals surface area contributed by atoms with Gasteiger partial charge in [0.05, 0.1) is 18.5 Å².